The number of hydrogen-bond acceptors (Lipinski definition) is 4. The van der Waals surface area contributed by atoms with Gasteiger partial charge in [0, 0.05) is 11.3 Å². The van der Waals surface area contributed by atoms with Gasteiger partial charge in [-0.1, -0.05) is 13.3 Å². The zero-order valence-electron chi connectivity index (χ0n) is 12.1. The first-order valence-electron chi connectivity index (χ1n) is 7.26. The largest absolute Gasteiger partial charge is 0.399 e. The number of rotatable bonds is 4. The van der Waals surface area contributed by atoms with Crippen molar-refractivity contribution < 1.29 is 0 Å². The Labute approximate surface area is 119 Å². The van der Waals surface area contributed by atoms with E-state index in [1.54, 1.807) is 0 Å². The second kappa shape index (κ2) is 4.89. The van der Waals surface area contributed by atoms with Gasteiger partial charge in [-0.3, -0.25) is 0 Å². The normalized spacial score (nSPS) is 16.9. The van der Waals surface area contributed by atoms with E-state index in [0.29, 0.717) is 5.41 Å². The van der Waals surface area contributed by atoms with Gasteiger partial charge in [0.15, 0.2) is 5.82 Å². The van der Waals surface area contributed by atoms with Crippen molar-refractivity contribution in [2.45, 2.75) is 46.1 Å². The number of tetrazole rings is 1. The van der Waals surface area contributed by atoms with Crippen molar-refractivity contribution in [3.05, 3.63) is 23.8 Å². The molecule has 0 aliphatic heterocycles. The van der Waals surface area contributed by atoms with E-state index in [1.165, 1.54) is 25.7 Å². The van der Waals surface area contributed by atoms with Crippen molar-refractivity contribution in [2.75, 3.05) is 5.73 Å². The van der Waals surface area contributed by atoms with Gasteiger partial charge in [0.1, 0.15) is 0 Å². The summed E-state index contributed by atoms with van der Waals surface area (Å²) in [7, 11) is 0. The summed E-state index contributed by atoms with van der Waals surface area (Å²) in [6.45, 7) is 5.18. The lowest BCUT2D eigenvalue weighted by molar-refractivity contribution is 0.0948. The first-order valence-corrected chi connectivity index (χ1v) is 7.26. The van der Waals surface area contributed by atoms with Crippen LogP contribution in [0, 0.1) is 12.3 Å². The molecule has 20 heavy (non-hydrogen) atoms. The average molecular weight is 271 g/mol. The van der Waals surface area contributed by atoms with Crippen LogP contribution in [-0.2, 0) is 6.54 Å². The number of nitrogen functional groups attached to an aromatic ring is 1. The van der Waals surface area contributed by atoms with Crippen LogP contribution in [0.15, 0.2) is 18.2 Å². The van der Waals surface area contributed by atoms with E-state index in [4.69, 9.17) is 5.73 Å². The maximum atomic E-state index is 5.88. The van der Waals surface area contributed by atoms with Gasteiger partial charge in [0.05, 0.1) is 6.54 Å². The third-order valence-electron chi connectivity index (χ3n) is 4.71. The summed E-state index contributed by atoms with van der Waals surface area (Å²) in [5, 5.41) is 12.2. The van der Waals surface area contributed by atoms with Crippen molar-refractivity contribution in [1.82, 2.24) is 20.2 Å². The van der Waals surface area contributed by atoms with Crippen LogP contribution < -0.4 is 5.73 Å². The highest BCUT2D eigenvalue weighted by atomic mass is 15.5. The minimum atomic E-state index is 0.396. The highest BCUT2D eigenvalue weighted by Crippen LogP contribution is 2.45. The molecule has 106 valence electrons. The third-order valence-corrected chi connectivity index (χ3v) is 4.71. The fourth-order valence-corrected chi connectivity index (χ4v) is 2.95. The molecule has 2 aromatic rings. The molecule has 0 saturated heterocycles. The summed E-state index contributed by atoms with van der Waals surface area (Å²) in [5.41, 5.74) is 9.17. The van der Waals surface area contributed by atoms with Gasteiger partial charge >= 0.3 is 0 Å². The molecular weight excluding hydrogens is 250 g/mol. The zero-order valence-corrected chi connectivity index (χ0v) is 12.1. The van der Waals surface area contributed by atoms with Crippen molar-refractivity contribution in [2.24, 2.45) is 5.41 Å². The Bertz CT molecular complexity index is 607. The van der Waals surface area contributed by atoms with Gasteiger partial charge in [0.25, 0.3) is 0 Å². The Morgan fingerprint density at radius 2 is 2.15 bits per heavy atom. The Morgan fingerprint density at radius 1 is 1.35 bits per heavy atom. The molecule has 1 aromatic heterocycles. The molecular formula is C15H21N5. The summed E-state index contributed by atoms with van der Waals surface area (Å²) >= 11 is 0. The molecule has 0 radical (unpaired) electrons. The standard InChI is InChI=1S/C15H21N5/c1-3-15(7-4-8-15)10-20-14(17-18-19-20)12-5-6-13(16)11(2)9-12/h5-6,9H,3-4,7-8,10,16H2,1-2H3. The maximum absolute atomic E-state index is 5.88. The predicted octanol–water partition coefficient (Wildman–Crippen LogP) is 2.81. The SMILES string of the molecule is CCC1(Cn2nnnc2-c2ccc(N)c(C)c2)CCC1. The van der Waals surface area contributed by atoms with Gasteiger partial charge in [0.2, 0.25) is 0 Å². The van der Waals surface area contributed by atoms with Crippen LogP contribution in [0.3, 0.4) is 0 Å². The highest BCUT2D eigenvalue weighted by Gasteiger charge is 2.36. The van der Waals surface area contributed by atoms with Gasteiger partial charge in [-0.05, 0) is 65.8 Å². The molecule has 1 fully saturated rings. The monoisotopic (exact) mass is 271 g/mol. The molecule has 1 saturated carbocycles. The number of aromatic nitrogens is 4. The minimum absolute atomic E-state index is 0.396. The summed E-state index contributed by atoms with van der Waals surface area (Å²) in [5.74, 6) is 0.841. The highest BCUT2D eigenvalue weighted by molar-refractivity contribution is 5.61. The van der Waals surface area contributed by atoms with Gasteiger partial charge in [-0.25, -0.2) is 4.68 Å². The van der Waals surface area contributed by atoms with Crippen molar-refractivity contribution in [3.63, 3.8) is 0 Å². The Balaban J connectivity index is 1.91. The number of nitrogens with two attached hydrogens (primary N) is 1. The predicted molar refractivity (Wildman–Crippen MR) is 79.0 cm³/mol. The van der Waals surface area contributed by atoms with E-state index in [0.717, 1.165) is 29.2 Å². The van der Waals surface area contributed by atoms with Crippen LogP contribution in [0.5, 0.6) is 0 Å². The molecule has 1 aromatic carbocycles. The lowest BCUT2D eigenvalue weighted by atomic mass is 9.67. The van der Waals surface area contributed by atoms with Crippen molar-refractivity contribution >= 4 is 5.69 Å². The smallest absolute Gasteiger partial charge is 0.182 e. The molecule has 0 amide bonds. The number of aryl methyl sites for hydroxylation is 1. The van der Waals surface area contributed by atoms with E-state index in [1.807, 2.05) is 23.7 Å². The number of benzene rings is 1. The fraction of sp³-hybridized carbons (Fsp3) is 0.533. The first kappa shape index (κ1) is 13.1. The third kappa shape index (κ3) is 2.17. The molecule has 5 heteroatoms. The molecule has 0 unspecified atom stereocenters. The Hall–Kier alpha value is -1.91. The van der Waals surface area contributed by atoms with Crippen LogP contribution in [0.25, 0.3) is 11.4 Å². The zero-order chi connectivity index (χ0) is 14.2. The molecule has 0 atom stereocenters. The van der Waals surface area contributed by atoms with Crippen LogP contribution in [0.1, 0.15) is 38.2 Å². The topological polar surface area (TPSA) is 69.6 Å². The average Bonchev–Trinajstić information content (AvgIpc) is 2.85. The number of anilines is 1. The number of hydrogen-bond donors (Lipinski definition) is 1. The van der Waals surface area contributed by atoms with Crippen molar-refractivity contribution in [3.8, 4) is 11.4 Å². The fourth-order valence-electron chi connectivity index (χ4n) is 2.95. The van der Waals surface area contributed by atoms with E-state index in [2.05, 4.69) is 28.5 Å². The lowest BCUT2D eigenvalue weighted by Crippen LogP contribution is -2.34. The molecule has 0 bridgehead atoms. The summed E-state index contributed by atoms with van der Waals surface area (Å²) in [6.07, 6.45) is 5.08. The molecule has 1 aliphatic carbocycles. The van der Waals surface area contributed by atoms with E-state index >= 15 is 0 Å². The quantitative estimate of drug-likeness (QED) is 0.868. The number of nitrogens with zero attached hydrogens (tertiary/aromatic N) is 4. The summed E-state index contributed by atoms with van der Waals surface area (Å²) < 4.78 is 1.95. The van der Waals surface area contributed by atoms with E-state index < -0.39 is 0 Å². The second-order valence-corrected chi connectivity index (χ2v) is 5.94. The Kier molecular flexibility index (Phi) is 3.20. The molecule has 0 spiro atoms. The molecule has 2 N–H and O–H groups in total. The minimum Gasteiger partial charge on any atom is -0.399 e. The summed E-state index contributed by atoms with van der Waals surface area (Å²) in [4.78, 5) is 0. The van der Waals surface area contributed by atoms with E-state index in [9.17, 15) is 0 Å². The van der Waals surface area contributed by atoms with Crippen LogP contribution in [0.4, 0.5) is 5.69 Å². The first-order chi connectivity index (χ1) is 9.63. The second-order valence-electron chi connectivity index (χ2n) is 5.94. The van der Waals surface area contributed by atoms with Gasteiger partial charge in [-0.2, -0.15) is 0 Å². The summed E-state index contributed by atoms with van der Waals surface area (Å²) in [6, 6.07) is 5.96. The van der Waals surface area contributed by atoms with Crippen LogP contribution in [0.2, 0.25) is 0 Å². The molecule has 1 heterocycles. The Morgan fingerprint density at radius 3 is 2.75 bits per heavy atom. The maximum Gasteiger partial charge on any atom is 0.182 e. The van der Waals surface area contributed by atoms with Crippen LogP contribution in [-0.4, -0.2) is 20.2 Å². The van der Waals surface area contributed by atoms with Crippen LogP contribution >= 0.6 is 0 Å². The molecule has 3 rings (SSSR count). The van der Waals surface area contributed by atoms with Gasteiger partial charge < -0.3 is 5.73 Å². The molecule has 5 nitrogen and oxygen atoms in total. The van der Waals surface area contributed by atoms with Gasteiger partial charge in [-0.15, -0.1) is 5.10 Å². The van der Waals surface area contributed by atoms with E-state index in [-0.39, 0.29) is 0 Å². The molecule has 1 aliphatic rings. The lowest BCUT2D eigenvalue weighted by Gasteiger charge is -2.41. The van der Waals surface area contributed by atoms with Crippen molar-refractivity contribution in [1.29, 1.82) is 0 Å².